The molecule has 0 unspecified atom stereocenters. The first kappa shape index (κ1) is 18.7. The number of nitrogens with zero attached hydrogens (tertiary/aromatic N) is 3. The first-order valence-corrected chi connectivity index (χ1v) is 9.29. The monoisotopic (exact) mass is 383 g/mol. The number of thiazole rings is 1. The predicted molar refractivity (Wildman–Crippen MR) is 98.5 cm³/mol. The first-order chi connectivity index (χ1) is 13.0. The molecule has 1 aromatic heterocycles. The Kier molecular flexibility index (Phi) is 5.62. The quantitative estimate of drug-likeness (QED) is 0.711. The second-order valence-corrected chi connectivity index (χ2v) is 7.02. The largest absolute Gasteiger partial charge is 0.454 e. The van der Waals surface area contributed by atoms with Crippen molar-refractivity contribution in [2.45, 2.75) is 25.7 Å². The molecule has 1 fully saturated rings. The van der Waals surface area contributed by atoms with Gasteiger partial charge in [0.25, 0.3) is 0 Å². The van der Waals surface area contributed by atoms with E-state index in [2.05, 4.69) is 4.98 Å². The van der Waals surface area contributed by atoms with Crippen molar-refractivity contribution >= 4 is 34.7 Å². The van der Waals surface area contributed by atoms with Crippen LogP contribution in [-0.2, 0) is 14.3 Å². The fraction of sp³-hybridized carbons (Fsp3) is 0.316. The number of amides is 1. The fourth-order valence-corrected chi connectivity index (χ4v) is 3.63. The molecule has 0 spiro atoms. The van der Waals surface area contributed by atoms with Crippen molar-refractivity contribution in [3.8, 4) is 6.07 Å². The van der Waals surface area contributed by atoms with Crippen LogP contribution in [0.15, 0.2) is 29.6 Å². The molecule has 3 rings (SSSR count). The second-order valence-electron chi connectivity index (χ2n) is 6.13. The van der Waals surface area contributed by atoms with Crippen molar-refractivity contribution in [3.63, 3.8) is 0 Å². The number of benzene rings is 1. The van der Waals surface area contributed by atoms with Crippen LogP contribution in [0.2, 0.25) is 0 Å². The number of aryl methyl sites for hydroxylation is 1. The number of nitriles is 1. The summed E-state index contributed by atoms with van der Waals surface area (Å²) in [6.07, 6.45) is 1.36. The normalized spacial score (nSPS) is 14.7. The smallest absolute Gasteiger partial charge is 0.338 e. The third-order valence-corrected chi connectivity index (χ3v) is 5.20. The van der Waals surface area contributed by atoms with Crippen molar-refractivity contribution in [2.24, 2.45) is 0 Å². The predicted octanol–water partition coefficient (Wildman–Crippen LogP) is 2.61. The lowest BCUT2D eigenvalue weighted by Gasteiger charge is -2.15. The number of ether oxygens (including phenoxy) is 1. The van der Waals surface area contributed by atoms with E-state index in [-0.39, 0.29) is 11.5 Å². The van der Waals surface area contributed by atoms with Gasteiger partial charge in [0.15, 0.2) is 18.3 Å². The summed E-state index contributed by atoms with van der Waals surface area (Å²) in [7, 11) is 0. The molecule has 0 bridgehead atoms. The van der Waals surface area contributed by atoms with E-state index in [0.717, 1.165) is 17.8 Å². The molecule has 7 nitrogen and oxygen atoms in total. The minimum atomic E-state index is -1.04. The van der Waals surface area contributed by atoms with Crippen LogP contribution in [-0.4, -0.2) is 35.8 Å². The highest BCUT2D eigenvalue weighted by atomic mass is 32.1. The van der Waals surface area contributed by atoms with Crippen LogP contribution in [0.5, 0.6) is 0 Å². The molecule has 8 heteroatoms. The highest BCUT2D eigenvalue weighted by molar-refractivity contribution is 7.09. The molecule has 2 aromatic rings. The molecular weight excluding hydrogens is 366 g/mol. The lowest BCUT2D eigenvalue weighted by atomic mass is 10.1. The molecule has 138 valence electrons. The minimum absolute atomic E-state index is 0.0656. The first-order valence-electron chi connectivity index (χ1n) is 8.41. The molecule has 1 aliphatic rings. The Bertz CT molecular complexity index is 914. The molecular formula is C19H17N3O4S. The highest BCUT2D eigenvalue weighted by Crippen LogP contribution is 2.23. The number of Topliss-reactive ketones (excluding diaryl/α,β-unsaturated/α-hetero) is 1. The standard InChI is InChI=1S/C19H17N3O4S/c1-12-11-27-18(21-12)15(9-20)16(23)10-26-19(25)13-4-6-14(7-5-13)22-8-2-3-17(22)24/h4-7,11,15H,2-3,8,10H2,1H3/t15-/m0/s1. The molecule has 1 aliphatic heterocycles. The zero-order valence-corrected chi connectivity index (χ0v) is 15.5. The molecule has 0 saturated carbocycles. The Morgan fingerprint density at radius 1 is 1.37 bits per heavy atom. The fourth-order valence-electron chi connectivity index (χ4n) is 2.77. The molecule has 0 N–H and O–H groups in total. The van der Waals surface area contributed by atoms with Gasteiger partial charge in [-0.05, 0) is 37.6 Å². The van der Waals surface area contributed by atoms with Gasteiger partial charge in [0.1, 0.15) is 5.01 Å². The van der Waals surface area contributed by atoms with Gasteiger partial charge in [0, 0.05) is 29.7 Å². The number of carbonyl (C=O) groups excluding carboxylic acids is 3. The maximum absolute atomic E-state index is 12.2. The van der Waals surface area contributed by atoms with E-state index < -0.39 is 24.3 Å². The van der Waals surface area contributed by atoms with Crippen molar-refractivity contribution in [1.82, 2.24) is 4.98 Å². The lowest BCUT2D eigenvalue weighted by molar-refractivity contribution is -0.122. The average Bonchev–Trinajstić information content (AvgIpc) is 3.29. The van der Waals surface area contributed by atoms with Crippen LogP contribution in [0.1, 0.15) is 39.8 Å². The van der Waals surface area contributed by atoms with Gasteiger partial charge < -0.3 is 9.64 Å². The van der Waals surface area contributed by atoms with E-state index in [1.807, 2.05) is 6.07 Å². The zero-order chi connectivity index (χ0) is 19.4. The Morgan fingerprint density at radius 3 is 2.67 bits per heavy atom. The van der Waals surface area contributed by atoms with E-state index in [0.29, 0.717) is 18.0 Å². The molecule has 1 atom stereocenters. The molecule has 1 saturated heterocycles. The van der Waals surface area contributed by atoms with Crippen molar-refractivity contribution in [1.29, 1.82) is 5.26 Å². The van der Waals surface area contributed by atoms with Gasteiger partial charge in [-0.1, -0.05) is 0 Å². The van der Waals surface area contributed by atoms with E-state index >= 15 is 0 Å². The van der Waals surface area contributed by atoms with E-state index in [4.69, 9.17) is 4.74 Å². The van der Waals surface area contributed by atoms with Gasteiger partial charge in [0.2, 0.25) is 5.91 Å². The maximum Gasteiger partial charge on any atom is 0.338 e. The molecule has 1 amide bonds. The van der Waals surface area contributed by atoms with Crippen LogP contribution >= 0.6 is 11.3 Å². The number of anilines is 1. The second kappa shape index (κ2) is 8.10. The Hall–Kier alpha value is -3.05. The van der Waals surface area contributed by atoms with Crippen molar-refractivity contribution in [2.75, 3.05) is 18.1 Å². The highest BCUT2D eigenvalue weighted by Gasteiger charge is 2.25. The molecule has 0 radical (unpaired) electrons. The molecule has 27 heavy (non-hydrogen) atoms. The summed E-state index contributed by atoms with van der Waals surface area (Å²) in [5.74, 6) is -2.15. The van der Waals surface area contributed by atoms with Crippen LogP contribution in [0.3, 0.4) is 0 Å². The number of carbonyl (C=O) groups is 3. The number of ketones is 1. The summed E-state index contributed by atoms with van der Waals surface area (Å²) in [5, 5.41) is 11.4. The summed E-state index contributed by atoms with van der Waals surface area (Å²) in [6, 6.07) is 8.38. The van der Waals surface area contributed by atoms with Crippen LogP contribution in [0, 0.1) is 18.3 Å². The van der Waals surface area contributed by atoms with Crippen molar-refractivity contribution in [3.05, 3.63) is 45.9 Å². The van der Waals surface area contributed by atoms with Gasteiger partial charge in [0.05, 0.1) is 11.6 Å². The number of aromatic nitrogens is 1. The third-order valence-electron chi connectivity index (χ3n) is 4.17. The van der Waals surface area contributed by atoms with Gasteiger partial charge in [-0.25, -0.2) is 9.78 Å². The summed E-state index contributed by atoms with van der Waals surface area (Å²) in [5.41, 5.74) is 1.74. The number of hydrogen-bond donors (Lipinski definition) is 0. The van der Waals surface area contributed by atoms with Gasteiger partial charge in [-0.2, -0.15) is 5.26 Å². The Labute approximate surface area is 160 Å². The van der Waals surface area contributed by atoms with Crippen LogP contribution in [0.4, 0.5) is 5.69 Å². The van der Waals surface area contributed by atoms with Gasteiger partial charge in [-0.3, -0.25) is 9.59 Å². The summed E-state index contributed by atoms with van der Waals surface area (Å²) >= 11 is 1.23. The lowest BCUT2D eigenvalue weighted by Crippen LogP contribution is -2.23. The Morgan fingerprint density at radius 2 is 2.11 bits per heavy atom. The average molecular weight is 383 g/mol. The van der Waals surface area contributed by atoms with E-state index in [1.54, 1.807) is 41.5 Å². The Balaban J connectivity index is 1.59. The number of hydrogen-bond acceptors (Lipinski definition) is 7. The molecule has 1 aromatic carbocycles. The van der Waals surface area contributed by atoms with Gasteiger partial charge >= 0.3 is 5.97 Å². The number of esters is 1. The number of rotatable bonds is 6. The minimum Gasteiger partial charge on any atom is -0.454 e. The molecule has 2 heterocycles. The van der Waals surface area contributed by atoms with Crippen LogP contribution < -0.4 is 4.90 Å². The van der Waals surface area contributed by atoms with Crippen molar-refractivity contribution < 1.29 is 19.1 Å². The summed E-state index contributed by atoms with van der Waals surface area (Å²) in [6.45, 7) is 1.95. The maximum atomic E-state index is 12.2. The van der Waals surface area contributed by atoms with Gasteiger partial charge in [-0.15, -0.1) is 11.3 Å². The van der Waals surface area contributed by atoms with Crippen LogP contribution in [0.25, 0.3) is 0 Å². The topological polar surface area (TPSA) is 100 Å². The summed E-state index contributed by atoms with van der Waals surface area (Å²) in [4.78, 5) is 41.9. The third kappa shape index (κ3) is 4.20. The summed E-state index contributed by atoms with van der Waals surface area (Å²) < 4.78 is 5.04. The molecule has 0 aliphatic carbocycles. The van der Waals surface area contributed by atoms with E-state index in [1.165, 1.54) is 11.3 Å². The zero-order valence-electron chi connectivity index (χ0n) is 14.7. The van der Waals surface area contributed by atoms with E-state index in [9.17, 15) is 19.6 Å². The SMILES string of the molecule is Cc1csc([C@@H](C#N)C(=O)COC(=O)c2ccc(N3CCCC3=O)cc2)n1.